The van der Waals surface area contributed by atoms with E-state index in [1.54, 1.807) is 35.3 Å². The van der Waals surface area contributed by atoms with E-state index in [1.165, 1.54) is 6.07 Å². The first kappa shape index (κ1) is 23.5. The Bertz CT molecular complexity index is 1310. The van der Waals surface area contributed by atoms with Gasteiger partial charge in [-0.05, 0) is 23.6 Å². The zero-order valence-electron chi connectivity index (χ0n) is 18.3. The van der Waals surface area contributed by atoms with Crippen molar-refractivity contribution < 1.29 is 17.9 Å². The summed E-state index contributed by atoms with van der Waals surface area (Å²) in [5, 5.41) is 3.70. The van der Waals surface area contributed by atoms with Crippen molar-refractivity contribution in [1.82, 2.24) is 9.88 Å². The van der Waals surface area contributed by atoms with E-state index >= 15 is 0 Å². The molecule has 2 aliphatic heterocycles. The number of fused-ring (bicyclic) bond motifs is 1. The molecule has 9 nitrogen and oxygen atoms in total. The Morgan fingerprint density at radius 3 is 2.82 bits per heavy atom. The molecule has 2 aliphatic rings. The number of benzene rings is 1. The quantitative estimate of drug-likeness (QED) is 0.490. The molecule has 0 spiro atoms. The fourth-order valence-corrected chi connectivity index (χ4v) is 7.78. The summed E-state index contributed by atoms with van der Waals surface area (Å²) < 4.78 is 33.0. The largest absolute Gasteiger partial charge is 0.379 e. The average molecular weight is 520 g/mol. The van der Waals surface area contributed by atoms with Crippen molar-refractivity contribution in [3.63, 3.8) is 0 Å². The molecule has 3 aromatic rings. The summed E-state index contributed by atoms with van der Waals surface area (Å²) in [5.41, 5.74) is 7.22. The molecule has 1 amide bonds. The fourth-order valence-electron chi connectivity index (χ4n) is 4.14. The highest BCUT2D eigenvalue weighted by molar-refractivity contribution is 8.15. The molecule has 180 valence electrons. The molecular formula is C22H25N5O4S3. The van der Waals surface area contributed by atoms with Crippen LogP contribution in [0.5, 0.6) is 0 Å². The number of aromatic amines is 1. The van der Waals surface area contributed by atoms with Crippen LogP contribution in [-0.2, 0) is 19.6 Å². The van der Waals surface area contributed by atoms with Crippen LogP contribution < -0.4 is 10.0 Å². The summed E-state index contributed by atoms with van der Waals surface area (Å²) in [6, 6.07) is 10.3. The number of hydrogen-bond acceptors (Lipinski definition) is 9. The Morgan fingerprint density at radius 1 is 1.26 bits per heavy atom. The summed E-state index contributed by atoms with van der Waals surface area (Å²) in [7, 11) is -4.10. The maximum Gasteiger partial charge on any atom is 0.280 e. The Hall–Kier alpha value is -2.22. The first-order valence-corrected chi connectivity index (χ1v) is 14.1. The number of hydrogen-bond donors (Lipinski definition) is 2. The second kappa shape index (κ2) is 9.80. The molecule has 1 fully saturated rings. The maximum absolute atomic E-state index is 13.3. The van der Waals surface area contributed by atoms with Crippen LogP contribution in [0.2, 0.25) is 0 Å². The van der Waals surface area contributed by atoms with E-state index in [9.17, 15) is 13.2 Å². The zero-order valence-corrected chi connectivity index (χ0v) is 20.8. The molecule has 3 N–H and O–H groups in total. The minimum Gasteiger partial charge on any atom is -0.379 e. The van der Waals surface area contributed by atoms with Crippen LogP contribution in [0.1, 0.15) is 5.69 Å². The molecule has 4 heterocycles. The van der Waals surface area contributed by atoms with Crippen molar-refractivity contribution >= 4 is 60.7 Å². The van der Waals surface area contributed by atoms with Gasteiger partial charge in [-0.25, -0.2) is 0 Å². The molecule has 1 saturated heterocycles. The Labute approximate surface area is 206 Å². The molecule has 0 bridgehead atoms. The lowest BCUT2D eigenvalue weighted by atomic mass is 10.2. The second-order valence-corrected chi connectivity index (χ2v) is 12.3. The molecular weight excluding hydrogens is 494 g/mol. The number of thiophene rings is 1. The van der Waals surface area contributed by atoms with Crippen LogP contribution in [-0.4, -0.2) is 80.4 Å². The Balaban J connectivity index is 1.45. The number of para-hydroxylation sites is 1. The summed E-state index contributed by atoms with van der Waals surface area (Å²) in [4.78, 5) is 23.2. The van der Waals surface area contributed by atoms with Crippen molar-refractivity contribution in [2.45, 2.75) is 9.46 Å². The van der Waals surface area contributed by atoms with Crippen LogP contribution in [0.4, 0.5) is 5.69 Å². The molecule has 0 radical (unpaired) electrons. The normalized spacial score (nSPS) is 19.4. The number of H-pyrrole nitrogens is 1. The number of carbonyl (C=O) groups excluding carboxylic acids is 1. The SMILES string of the molecule is NCC(=O)N(c1cccc2cc(C3=NCC(CN4CCOCC4)S3)[nH]c12)S(=O)(=O)c1cccs1. The van der Waals surface area contributed by atoms with Crippen molar-refractivity contribution in [2.24, 2.45) is 10.7 Å². The van der Waals surface area contributed by atoms with Gasteiger partial charge >= 0.3 is 0 Å². The van der Waals surface area contributed by atoms with Crippen LogP contribution in [0.25, 0.3) is 10.9 Å². The number of amides is 1. The van der Waals surface area contributed by atoms with Crippen molar-refractivity contribution in [3.8, 4) is 0 Å². The molecule has 1 unspecified atom stereocenters. The first-order chi connectivity index (χ1) is 16.5. The van der Waals surface area contributed by atoms with Gasteiger partial charge in [0.25, 0.3) is 15.9 Å². The lowest BCUT2D eigenvalue weighted by Gasteiger charge is -2.28. The number of sulfonamides is 1. The van der Waals surface area contributed by atoms with Crippen LogP contribution in [0.3, 0.4) is 0 Å². The number of carbonyl (C=O) groups is 1. The molecule has 34 heavy (non-hydrogen) atoms. The van der Waals surface area contributed by atoms with E-state index in [0.29, 0.717) is 10.8 Å². The predicted molar refractivity (Wildman–Crippen MR) is 136 cm³/mol. The summed E-state index contributed by atoms with van der Waals surface area (Å²) in [5.74, 6) is -0.699. The van der Waals surface area contributed by atoms with Gasteiger partial charge in [0.05, 0.1) is 43.2 Å². The van der Waals surface area contributed by atoms with Gasteiger partial charge in [-0.3, -0.25) is 14.7 Å². The minimum absolute atomic E-state index is 0.0831. The zero-order chi connectivity index (χ0) is 23.7. The van der Waals surface area contributed by atoms with E-state index in [1.807, 2.05) is 12.1 Å². The molecule has 1 atom stereocenters. The number of anilines is 1. The highest BCUT2D eigenvalue weighted by Gasteiger charge is 2.33. The van der Waals surface area contributed by atoms with E-state index < -0.39 is 22.5 Å². The van der Waals surface area contributed by atoms with Crippen molar-refractivity contribution in [3.05, 3.63) is 47.5 Å². The third-order valence-corrected chi connectivity index (χ3v) is 10.1. The number of morpholine rings is 1. The topological polar surface area (TPSA) is 121 Å². The van der Waals surface area contributed by atoms with Gasteiger partial charge in [-0.15, -0.1) is 11.3 Å². The summed E-state index contributed by atoms with van der Waals surface area (Å²) in [6.45, 7) is 4.65. The number of aromatic nitrogens is 1. The number of nitrogens with zero attached hydrogens (tertiary/aromatic N) is 3. The van der Waals surface area contributed by atoms with E-state index in [2.05, 4.69) is 9.88 Å². The number of nitrogens with two attached hydrogens (primary N) is 1. The lowest BCUT2D eigenvalue weighted by Crippen LogP contribution is -2.40. The van der Waals surface area contributed by atoms with Gasteiger partial charge in [0, 0.05) is 30.3 Å². The number of nitrogens with one attached hydrogen (secondary N) is 1. The molecule has 1 aromatic carbocycles. The number of ether oxygens (including phenoxy) is 1. The smallest absolute Gasteiger partial charge is 0.280 e. The highest BCUT2D eigenvalue weighted by atomic mass is 32.2. The standard InChI is InChI=1S/C22H25N5O4S3/c23-12-19(28)27(34(29,30)20-5-2-10-32-20)18-4-1-3-15-11-17(25-21(15)18)22-24-13-16(33-22)14-26-6-8-31-9-7-26/h1-5,10-11,16,25H,6-9,12-14,23H2. The third-order valence-electron chi connectivity index (χ3n) is 5.76. The number of aliphatic imine (C=N–C) groups is 1. The summed E-state index contributed by atoms with van der Waals surface area (Å²) in [6.07, 6.45) is 0. The highest BCUT2D eigenvalue weighted by Crippen LogP contribution is 2.34. The van der Waals surface area contributed by atoms with E-state index in [4.69, 9.17) is 15.5 Å². The van der Waals surface area contributed by atoms with Crippen molar-refractivity contribution in [2.75, 3.05) is 50.2 Å². The third kappa shape index (κ3) is 4.53. The summed E-state index contributed by atoms with van der Waals surface area (Å²) >= 11 is 2.78. The molecule has 0 saturated carbocycles. The predicted octanol–water partition coefficient (Wildman–Crippen LogP) is 2.10. The molecule has 5 rings (SSSR count). The molecule has 2 aromatic heterocycles. The monoisotopic (exact) mass is 519 g/mol. The van der Waals surface area contributed by atoms with Crippen LogP contribution in [0, 0.1) is 0 Å². The maximum atomic E-state index is 13.3. The second-order valence-electron chi connectivity index (χ2n) is 8.02. The van der Waals surface area contributed by atoms with Gasteiger partial charge in [-0.2, -0.15) is 12.7 Å². The van der Waals surface area contributed by atoms with Gasteiger partial charge in [0.15, 0.2) is 0 Å². The number of rotatable bonds is 7. The van der Waals surface area contributed by atoms with E-state index in [0.717, 1.165) is 71.2 Å². The molecule has 0 aliphatic carbocycles. The fraction of sp³-hybridized carbons (Fsp3) is 0.364. The van der Waals surface area contributed by atoms with Gasteiger partial charge < -0.3 is 15.5 Å². The van der Waals surface area contributed by atoms with Crippen molar-refractivity contribution in [1.29, 1.82) is 0 Å². The van der Waals surface area contributed by atoms with Gasteiger partial charge in [0.2, 0.25) is 0 Å². The van der Waals surface area contributed by atoms with Gasteiger partial charge in [0.1, 0.15) is 9.25 Å². The van der Waals surface area contributed by atoms with E-state index in [-0.39, 0.29) is 9.90 Å². The lowest BCUT2D eigenvalue weighted by molar-refractivity contribution is -0.116. The minimum atomic E-state index is -4.10. The van der Waals surface area contributed by atoms with Gasteiger partial charge in [-0.1, -0.05) is 30.0 Å². The Morgan fingerprint density at radius 2 is 2.09 bits per heavy atom. The van der Waals surface area contributed by atoms with Crippen LogP contribution >= 0.6 is 23.1 Å². The first-order valence-electron chi connectivity index (χ1n) is 10.9. The van der Waals surface area contributed by atoms with Crippen LogP contribution in [0.15, 0.2) is 51.0 Å². The number of thioether (sulfide) groups is 1. The molecule has 12 heteroatoms. The Kier molecular flexibility index (Phi) is 6.78. The average Bonchev–Trinajstić information content (AvgIpc) is 3.60.